The number of amides is 1. The highest BCUT2D eigenvalue weighted by atomic mass is 32.1. The molecule has 32 heavy (non-hydrogen) atoms. The fraction of sp³-hybridized carbons (Fsp3) is 0.391. The lowest BCUT2D eigenvalue weighted by atomic mass is 9.92. The van der Waals surface area contributed by atoms with Crippen LogP contribution in [0.3, 0.4) is 0 Å². The third kappa shape index (κ3) is 3.71. The van der Waals surface area contributed by atoms with E-state index >= 15 is 0 Å². The summed E-state index contributed by atoms with van der Waals surface area (Å²) in [5.74, 6) is 0.0302. The molecule has 2 aromatic rings. The molecule has 168 valence electrons. The van der Waals surface area contributed by atoms with Gasteiger partial charge in [-0.1, -0.05) is 6.07 Å². The molecule has 2 aromatic heterocycles. The number of aromatic nitrogens is 1. The molecule has 0 N–H and O–H groups in total. The first-order chi connectivity index (χ1) is 15.3. The van der Waals surface area contributed by atoms with E-state index in [0.29, 0.717) is 42.3 Å². The number of ketones is 2. The number of hydrogen-bond donors (Lipinski definition) is 0. The van der Waals surface area contributed by atoms with Crippen molar-refractivity contribution in [2.45, 2.75) is 13.8 Å². The molecule has 9 heteroatoms. The number of likely N-dealkylation sites (N-methyl/N-ethyl adjacent to an activating group) is 1. The molecule has 1 aliphatic carbocycles. The smallest absolute Gasteiger partial charge is 0.252 e. The van der Waals surface area contributed by atoms with Crippen molar-refractivity contribution in [1.82, 2.24) is 14.8 Å². The van der Waals surface area contributed by atoms with Crippen LogP contribution in [0.15, 0.2) is 35.8 Å². The van der Waals surface area contributed by atoms with Gasteiger partial charge in [0, 0.05) is 57.0 Å². The highest BCUT2D eigenvalue weighted by Gasteiger charge is 2.41. The summed E-state index contributed by atoms with van der Waals surface area (Å²) < 4.78 is 4.98. The van der Waals surface area contributed by atoms with Gasteiger partial charge in [0.25, 0.3) is 5.91 Å². The summed E-state index contributed by atoms with van der Waals surface area (Å²) in [6.45, 7) is 5.97. The minimum absolute atomic E-state index is 0.136. The van der Waals surface area contributed by atoms with Gasteiger partial charge in [-0.2, -0.15) is 0 Å². The number of ether oxygens (including phenoxy) is 1. The number of carbonyl (C=O) groups is 3. The van der Waals surface area contributed by atoms with Gasteiger partial charge in [0.2, 0.25) is 11.6 Å². The normalized spacial score (nSPS) is 16.5. The Balaban J connectivity index is 1.72. The highest BCUT2D eigenvalue weighted by Crippen LogP contribution is 2.38. The average molecular weight is 455 g/mol. The molecule has 4 rings (SSSR count). The number of methoxy groups -OCH3 is 1. The van der Waals surface area contributed by atoms with Crippen molar-refractivity contribution in [3.63, 3.8) is 0 Å². The molecule has 0 unspecified atom stereocenters. The Kier molecular flexibility index (Phi) is 6.12. The lowest BCUT2D eigenvalue weighted by Crippen LogP contribution is -2.50. The lowest BCUT2D eigenvalue weighted by molar-refractivity contribution is -0.131. The summed E-state index contributed by atoms with van der Waals surface area (Å²) in [7, 11) is 2.96. The quantitative estimate of drug-likeness (QED) is 0.685. The third-order valence-corrected chi connectivity index (χ3v) is 7.23. The summed E-state index contributed by atoms with van der Waals surface area (Å²) in [6, 6.07) is 5.77. The maximum absolute atomic E-state index is 13.6. The van der Waals surface area contributed by atoms with Crippen LogP contribution in [0.25, 0.3) is 0 Å². The SMILES string of the molecule is COCC(=O)N(C)C1=C(N2CCN(c3ccccn3)CC2)C(=O)c2sc(C)c(C)c2C1=O. The van der Waals surface area contributed by atoms with E-state index in [1.807, 2.05) is 36.9 Å². The maximum atomic E-state index is 13.6. The molecule has 1 fully saturated rings. The standard InChI is InChI=1S/C23H26N4O4S/c1-14-15(2)32-23-18(14)21(29)19(25(3)17(28)13-31-4)20(22(23)30)27-11-9-26(10-12-27)16-7-5-6-8-24-16/h5-8H,9-13H2,1-4H3. The number of Topliss-reactive ketones (excluding diaryl/α,β-unsaturated/α-hetero) is 2. The van der Waals surface area contributed by atoms with E-state index in [0.717, 1.165) is 16.3 Å². The third-order valence-electron chi connectivity index (χ3n) is 6.02. The number of fused-ring (bicyclic) bond motifs is 1. The summed E-state index contributed by atoms with van der Waals surface area (Å²) in [5.41, 5.74) is 1.65. The molecular formula is C23H26N4O4S. The molecule has 0 spiro atoms. The second kappa shape index (κ2) is 8.84. The monoisotopic (exact) mass is 454 g/mol. The number of hydrogen-bond acceptors (Lipinski definition) is 8. The number of aryl methyl sites for hydroxylation is 1. The summed E-state index contributed by atoms with van der Waals surface area (Å²) in [5, 5.41) is 0. The Morgan fingerprint density at radius 2 is 1.81 bits per heavy atom. The van der Waals surface area contributed by atoms with E-state index in [1.54, 1.807) is 6.20 Å². The number of nitrogens with zero attached hydrogens (tertiary/aromatic N) is 4. The minimum atomic E-state index is -0.374. The number of thiophene rings is 1. The lowest BCUT2D eigenvalue weighted by Gasteiger charge is -2.39. The van der Waals surface area contributed by atoms with Crippen molar-refractivity contribution < 1.29 is 19.1 Å². The van der Waals surface area contributed by atoms with Crippen LogP contribution < -0.4 is 4.90 Å². The van der Waals surface area contributed by atoms with Crippen LogP contribution in [0.5, 0.6) is 0 Å². The van der Waals surface area contributed by atoms with Gasteiger partial charge in [0.1, 0.15) is 23.8 Å². The average Bonchev–Trinajstić information content (AvgIpc) is 3.11. The van der Waals surface area contributed by atoms with E-state index in [9.17, 15) is 14.4 Å². The van der Waals surface area contributed by atoms with E-state index in [4.69, 9.17) is 4.74 Å². The number of piperazine rings is 1. The largest absolute Gasteiger partial charge is 0.375 e. The van der Waals surface area contributed by atoms with Gasteiger partial charge in [-0.25, -0.2) is 4.98 Å². The summed E-state index contributed by atoms with van der Waals surface area (Å²) >= 11 is 1.35. The topological polar surface area (TPSA) is 83.1 Å². The summed E-state index contributed by atoms with van der Waals surface area (Å²) in [4.78, 5) is 51.0. The molecule has 1 saturated heterocycles. The van der Waals surface area contributed by atoms with Gasteiger partial charge in [-0.05, 0) is 31.5 Å². The fourth-order valence-electron chi connectivity index (χ4n) is 4.15. The zero-order chi connectivity index (χ0) is 23.0. The Bertz CT molecular complexity index is 1100. The van der Waals surface area contributed by atoms with Crippen molar-refractivity contribution in [3.8, 4) is 0 Å². The van der Waals surface area contributed by atoms with Gasteiger partial charge < -0.3 is 19.4 Å². The van der Waals surface area contributed by atoms with Crippen molar-refractivity contribution in [3.05, 3.63) is 56.7 Å². The first kappa shape index (κ1) is 22.2. The molecule has 2 aliphatic rings. The van der Waals surface area contributed by atoms with Gasteiger partial charge in [-0.15, -0.1) is 11.3 Å². The Morgan fingerprint density at radius 3 is 2.44 bits per heavy atom. The zero-order valence-corrected chi connectivity index (χ0v) is 19.5. The molecule has 1 aliphatic heterocycles. The fourth-order valence-corrected chi connectivity index (χ4v) is 5.25. The van der Waals surface area contributed by atoms with Crippen LogP contribution in [0.4, 0.5) is 5.82 Å². The molecular weight excluding hydrogens is 428 g/mol. The van der Waals surface area contributed by atoms with Gasteiger partial charge in [-0.3, -0.25) is 14.4 Å². The van der Waals surface area contributed by atoms with Crippen LogP contribution in [0.2, 0.25) is 0 Å². The molecule has 0 bridgehead atoms. The molecule has 0 radical (unpaired) electrons. The predicted octanol–water partition coefficient (Wildman–Crippen LogP) is 2.28. The van der Waals surface area contributed by atoms with Crippen molar-refractivity contribution in [2.75, 3.05) is 51.8 Å². The predicted molar refractivity (Wildman–Crippen MR) is 122 cm³/mol. The second-order valence-corrected chi connectivity index (χ2v) is 9.12. The molecule has 0 aromatic carbocycles. The zero-order valence-electron chi connectivity index (χ0n) is 18.7. The van der Waals surface area contributed by atoms with Crippen LogP contribution in [0, 0.1) is 13.8 Å². The number of rotatable bonds is 5. The maximum Gasteiger partial charge on any atom is 0.252 e. The van der Waals surface area contributed by atoms with E-state index in [1.165, 1.54) is 30.4 Å². The van der Waals surface area contributed by atoms with Crippen LogP contribution >= 0.6 is 11.3 Å². The van der Waals surface area contributed by atoms with Crippen LogP contribution in [0.1, 0.15) is 30.5 Å². The van der Waals surface area contributed by atoms with Crippen molar-refractivity contribution >= 4 is 34.6 Å². The van der Waals surface area contributed by atoms with Crippen LogP contribution in [-0.2, 0) is 9.53 Å². The Hall–Kier alpha value is -3.04. The highest BCUT2D eigenvalue weighted by molar-refractivity contribution is 7.15. The Labute approximate surface area is 191 Å². The first-order valence-electron chi connectivity index (χ1n) is 10.4. The van der Waals surface area contributed by atoms with Gasteiger partial charge in [0.15, 0.2) is 0 Å². The molecule has 3 heterocycles. The molecule has 0 atom stereocenters. The summed E-state index contributed by atoms with van der Waals surface area (Å²) in [6.07, 6.45) is 1.75. The minimum Gasteiger partial charge on any atom is -0.375 e. The van der Waals surface area contributed by atoms with Crippen molar-refractivity contribution in [2.24, 2.45) is 0 Å². The number of carbonyl (C=O) groups excluding carboxylic acids is 3. The van der Waals surface area contributed by atoms with E-state index in [2.05, 4.69) is 9.88 Å². The molecule has 0 saturated carbocycles. The second-order valence-electron chi connectivity index (χ2n) is 7.89. The number of pyridine rings is 1. The van der Waals surface area contributed by atoms with E-state index in [-0.39, 0.29) is 29.8 Å². The van der Waals surface area contributed by atoms with Gasteiger partial charge in [0.05, 0.1) is 4.88 Å². The van der Waals surface area contributed by atoms with Crippen molar-refractivity contribution in [1.29, 1.82) is 0 Å². The molecule has 8 nitrogen and oxygen atoms in total. The number of allylic oxidation sites excluding steroid dienone is 2. The number of anilines is 1. The van der Waals surface area contributed by atoms with Gasteiger partial charge >= 0.3 is 0 Å². The first-order valence-corrected chi connectivity index (χ1v) is 11.3. The van der Waals surface area contributed by atoms with Crippen LogP contribution in [-0.4, -0.2) is 79.2 Å². The molecule has 1 amide bonds. The van der Waals surface area contributed by atoms with E-state index < -0.39 is 0 Å². The Morgan fingerprint density at radius 1 is 1.12 bits per heavy atom.